The zero-order valence-corrected chi connectivity index (χ0v) is 15.6. The van der Waals surface area contributed by atoms with Gasteiger partial charge in [0.1, 0.15) is 5.75 Å². The van der Waals surface area contributed by atoms with Crippen molar-refractivity contribution in [1.82, 2.24) is 4.31 Å². The maximum absolute atomic E-state index is 12.1. The molecule has 2 rings (SSSR count). The highest BCUT2D eigenvalue weighted by Crippen LogP contribution is 2.19. The minimum Gasteiger partial charge on any atom is -0.484 e. The van der Waals surface area contributed by atoms with Crippen LogP contribution in [-0.4, -0.2) is 39.3 Å². The maximum Gasteiger partial charge on any atom is 0.262 e. The summed E-state index contributed by atoms with van der Waals surface area (Å²) in [5.41, 5.74) is 0.390. The fraction of sp³-hybridized carbons (Fsp3) is 0.188. The second kappa shape index (κ2) is 7.78. The standard InChI is InChI=1S/C16H17BrN2O4S/c1-19(2)24(21,22)15-8-4-6-13(10-15)18-16(20)11-23-14-7-3-5-12(17)9-14/h3-10H,11H2,1-2H3,(H,18,20). The first-order chi connectivity index (χ1) is 11.3. The van der Waals surface area contributed by atoms with Gasteiger partial charge in [0, 0.05) is 24.3 Å². The Morgan fingerprint density at radius 2 is 1.88 bits per heavy atom. The van der Waals surface area contributed by atoms with E-state index in [1.54, 1.807) is 30.3 Å². The molecule has 0 aromatic heterocycles. The number of nitrogens with one attached hydrogen (secondary N) is 1. The summed E-state index contributed by atoms with van der Waals surface area (Å²) < 4.78 is 31.5. The molecule has 0 bridgehead atoms. The van der Waals surface area contributed by atoms with E-state index >= 15 is 0 Å². The summed E-state index contributed by atoms with van der Waals surface area (Å²) in [6, 6.07) is 13.2. The van der Waals surface area contributed by atoms with Crippen molar-refractivity contribution in [2.75, 3.05) is 26.0 Å². The third kappa shape index (κ3) is 4.80. The number of sulfonamides is 1. The van der Waals surface area contributed by atoms with Gasteiger partial charge in [0.15, 0.2) is 6.61 Å². The lowest BCUT2D eigenvalue weighted by Gasteiger charge is -2.13. The Balaban J connectivity index is 2.02. The average Bonchev–Trinajstić information content (AvgIpc) is 2.53. The molecule has 0 aliphatic rings. The third-order valence-corrected chi connectivity index (χ3v) is 5.37. The molecule has 0 atom stereocenters. The number of nitrogens with zero attached hydrogens (tertiary/aromatic N) is 1. The zero-order chi connectivity index (χ0) is 17.7. The number of halogens is 1. The van der Waals surface area contributed by atoms with Crippen LogP contribution in [0.15, 0.2) is 57.9 Å². The Hall–Kier alpha value is -1.90. The summed E-state index contributed by atoms with van der Waals surface area (Å²) in [5.74, 6) is 0.179. The quantitative estimate of drug-likeness (QED) is 0.790. The van der Waals surface area contributed by atoms with E-state index in [0.29, 0.717) is 11.4 Å². The number of benzene rings is 2. The number of ether oxygens (including phenoxy) is 1. The van der Waals surface area contributed by atoms with E-state index in [1.165, 1.54) is 26.2 Å². The normalized spacial score (nSPS) is 11.3. The molecule has 6 nitrogen and oxygen atoms in total. The second-order valence-electron chi connectivity index (χ2n) is 5.11. The molecule has 2 aromatic rings. The van der Waals surface area contributed by atoms with Gasteiger partial charge in [-0.15, -0.1) is 0 Å². The number of hydrogen-bond donors (Lipinski definition) is 1. The highest BCUT2D eigenvalue weighted by Gasteiger charge is 2.17. The Kier molecular flexibility index (Phi) is 5.98. The van der Waals surface area contributed by atoms with Gasteiger partial charge in [-0.3, -0.25) is 4.79 Å². The summed E-state index contributed by atoms with van der Waals surface area (Å²) in [5, 5.41) is 2.62. The Labute approximate surface area is 149 Å². The van der Waals surface area contributed by atoms with E-state index in [0.717, 1.165) is 8.78 Å². The number of anilines is 1. The van der Waals surface area contributed by atoms with E-state index in [1.807, 2.05) is 6.07 Å². The Bertz CT molecular complexity index is 837. The SMILES string of the molecule is CN(C)S(=O)(=O)c1cccc(NC(=O)COc2cccc(Br)c2)c1. The molecule has 0 saturated carbocycles. The van der Waals surface area contributed by atoms with E-state index < -0.39 is 10.0 Å². The first-order valence-corrected chi connectivity index (χ1v) is 9.23. The second-order valence-corrected chi connectivity index (χ2v) is 8.18. The van der Waals surface area contributed by atoms with Crippen molar-refractivity contribution in [2.45, 2.75) is 4.90 Å². The van der Waals surface area contributed by atoms with Crippen molar-refractivity contribution in [3.05, 3.63) is 53.0 Å². The molecule has 0 radical (unpaired) electrons. The summed E-state index contributed by atoms with van der Waals surface area (Å²) in [6.07, 6.45) is 0. The molecule has 0 aliphatic carbocycles. The fourth-order valence-corrected chi connectivity index (χ4v) is 3.17. The average molecular weight is 413 g/mol. The summed E-state index contributed by atoms with van der Waals surface area (Å²) in [7, 11) is -0.648. The monoisotopic (exact) mass is 412 g/mol. The van der Waals surface area contributed by atoms with Crippen LogP contribution in [0.3, 0.4) is 0 Å². The lowest BCUT2D eigenvalue weighted by Crippen LogP contribution is -2.23. The van der Waals surface area contributed by atoms with Crippen LogP contribution >= 0.6 is 15.9 Å². The van der Waals surface area contributed by atoms with Crippen molar-refractivity contribution < 1.29 is 17.9 Å². The highest BCUT2D eigenvalue weighted by atomic mass is 79.9. The van der Waals surface area contributed by atoms with Crippen LogP contribution < -0.4 is 10.1 Å². The highest BCUT2D eigenvalue weighted by molar-refractivity contribution is 9.10. The molecule has 0 saturated heterocycles. The van der Waals surface area contributed by atoms with Crippen LogP contribution in [0, 0.1) is 0 Å². The molecular weight excluding hydrogens is 396 g/mol. The molecule has 0 spiro atoms. The van der Waals surface area contributed by atoms with Crippen molar-refractivity contribution in [1.29, 1.82) is 0 Å². The third-order valence-electron chi connectivity index (χ3n) is 3.06. The van der Waals surface area contributed by atoms with Crippen LogP contribution in [0.5, 0.6) is 5.75 Å². The molecule has 1 N–H and O–H groups in total. The molecular formula is C16H17BrN2O4S. The van der Waals surface area contributed by atoms with Crippen LogP contribution in [0.1, 0.15) is 0 Å². The van der Waals surface area contributed by atoms with Crippen molar-refractivity contribution in [3.63, 3.8) is 0 Å². The zero-order valence-electron chi connectivity index (χ0n) is 13.2. The lowest BCUT2D eigenvalue weighted by molar-refractivity contribution is -0.118. The van der Waals surface area contributed by atoms with Crippen LogP contribution in [-0.2, 0) is 14.8 Å². The minimum atomic E-state index is -3.55. The van der Waals surface area contributed by atoms with Crippen molar-refractivity contribution >= 4 is 37.5 Å². The van der Waals surface area contributed by atoms with Gasteiger partial charge in [0.25, 0.3) is 5.91 Å². The minimum absolute atomic E-state index is 0.109. The van der Waals surface area contributed by atoms with Crippen molar-refractivity contribution in [3.8, 4) is 5.75 Å². The molecule has 0 fully saturated rings. The number of hydrogen-bond acceptors (Lipinski definition) is 4. The fourth-order valence-electron chi connectivity index (χ4n) is 1.85. The number of carbonyl (C=O) groups is 1. The van der Waals surface area contributed by atoms with E-state index in [4.69, 9.17) is 4.74 Å². The van der Waals surface area contributed by atoms with Gasteiger partial charge in [-0.25, -0.2) is 12.7 Å². The van der Waals surface area contributed by atoms with E-state index in [-0.39, 0.29) is 17.4 Å². The maximum atomic E-state index is 12.1. The number of rotatable bonds is 6. The molecule has 128 valence electrons. The van der Waals surface area contributed by atoms with E-state index in [2.05, 4.69) is 21.2 Å². The van der Waals surface area contributed by atoms with Gasteiger partial charge < -0.3 is 10.1 Å². The molecule has 1 amide bonds. The molecule has 24 heavy (non-hydrogen) atoms. The van der Waals surface area contributed by atoms with Gasteiger partial charge in [-0.05, 0) is 36.4 Å². The topological polar surface area (TPSA) is 75.7 Å². The van der Waals surface area contributed by atoms with Gasteiger partial charge in [0.05, 0.1) is 4.90 Å². The number of carbonyl (C=O) groups excluding carboxylic acids is 1. The predicted molar refractivity (Wildman–Crippen MR) is 95.6 cm³/mol. The first kappa shape index (κ1) is 18.4. The largest absolute Gasteiger partial charge is 0.484 e. The molecule has 0 aliphatic heterocycles. The van der Waals surface area contributed by atoms with Gasteiger partial charge >= 0.3 is 0 Å². The van der Waals surface area contributed by atoms with Crippen LogP contribution in [0.4, 0.5) is 5.69 Å². The summed E-state index contributed by atoms with van der Waals surface area (Å²) in [6.45, 7) is -0.179. The first-order valence-electron chi connectivity index (χ1n) is 7.00. The molecule has 0 heterocycles. The Morgan fingerprint density at radius 3 is 2.54 bits per heavy atom. The van der Waals surface area contributed by atoms with Gasteiger partial charge in [-0.1, -0.05) is 28.1 Å². The summed E-state index contributed by atoms with van der Waals surface area (Å²) in [4.78, 5) is 12.1. The van der Waals surface area contributed by atoms with Crippen molar-refractivity contribution in [2.24, 2.45) is 0 Å². The molecule has 8 heteroatoms. The Morgan fingerprint density at radius 1 is 1.17 bits per heavy atom. The van der Waals surface area contributed by atoms with Gasteiger partial charge in [-0.2, -0.15) is 0 Å². The number of amides is 1. The summed E-state index contributed by atoms with van der Waals surface area (Å²) >= 11 is 3.32. The lowest BCUT2D eigenvalue weighted by atomic mass is 10.3. The molecule has 0 unspecified atom stereocenters. The van der Waals surface area contributed by atoms with Crippen LogP contribution in [0.2, 0.25) is 0 Å². The predicted octanol–water partition coefficient (Wildman–Crippen LogP) is 2.72. The van der Waals surface area contributed by atoms with Gasteiger partial charge in [0.2, 0.25) is 10.0 Å². The molecule has 2 aromatic carbocycles. The van der Waals surface area contributed by atoms with Crippen LogP contribution in [0.25, 0.3) is 0 Å². The smallest absolute Gasteiger partial charge is 0.262 e. The van der Waals surface area contributed by atoms with E-state index in [9.17, 15) is 13.2 Å².